The molecule has 1 heterocycles. The first-order valence-electron chi connectivity index (χ1n) is 6.07. The fourth-order valence-corrected chi connectivity index (χ4v) is 2.41. The van der Waals surface area contributed by atoms with E-state index >= 15 is 0 Å². The molecule has 0 bridgehead atoms. The molecule has 0 radical (unpaired) electrons. The predicted octanol–water partition coefficient (Wildman–Crippen LogP) is 3.64. The lowest BCUT2D eigenvalue weighted by atomic mass is 10.1. The molecule has 1 aromatic carbocycles. The highest BCUT2D eigenvalue weighted by molar-refractivity contribution is 9.10. The predicted molar refractivity (Wildman–Crippen MR) is 81.7 cm³/mol. The molecule has 20 heavy (non-hydrogen) atoms. The van der Waals surface area contributed by atoms with Gasteiger partial charge in [0.1, 0.15) is 17.6 Å². The van der Waals surface area contributed by atoms with Crippen LogP contribution in [0.15, 0.2) is 34.9 Å². The van der Waals surface area contributed by atoms with Crippen LogP contribution in [0.4, 0.5) is 5.82 Å². The Morgan fingerprint density at radius 3 is 2.65 bits per heavy atom. The van der Waals surface area contributed by atoms with Gasteiger partial charge in [-0.2, -0.15) is 5.26 Å². The molecule has 2 aromatic rings. The third kappa shape index (κ3) is 3.09. The van der Waals surface area contributed by atoms with Gasteiger partial charge < -0.3 is 10.1 Å². The summed E-state index contributed by atoms with van der Waals surface area (Å²) in [7, 11) is 1.64. The topological polar surface area (TPSA) is 57.9 Å². The van der Waals surface area contributed by atoms with Crippen LogP contribution in [0.3, 0.4) is 0 Å². The van der Waals surface area contributed by atoms with Crippen molar-refractivity contribution in [1.82, 2.24) is 4.98 Å². The van der Waals surface area contributed by atoms with Crippen molar-refractivity contribution in [3.05, 3.63) is 51.6 Å². The number of rotatable bonds is 4. The van der Waals surface area contributed by atoms with E-state index in [1.807, 2.05) is 31.2 Å². The van der Waals surface area contributed by atoms with Gasteiger partial charge in [-0.15, -0.1) is 0 Å². The number of nitriles is 1. The minimum absolute atomic E-state index is 0.609. The number of pyridine rings is 1. The molecule has 0 saturated carbocycles. The normalized spacial score (nSPS) is 9.90. The number of aromatic nitrogens is 1. The molecule has 0 fully saturated rings. The van der Waals surface area contributed by atoms with E-state index < -0.39 is 0 Å². The minimum atomic E-state index is 0.609. The molecule has 1 aromatic heterocycles. The van der Waals surface area contributed by atoms with Crippen LogP contribution in [0.25, 0.3) is 0 Å². The van der Waals surface area contributed by atoms with Crippen LogP contribution in [0.1, 0.15) is 16.7 Å². The van der Waals surface area contributed by atoms with Gasteiger partial charge in [-0.3, -0.25) is 0 Å². The van der Waals surface area contributed by atoms with Crippen molar-refractivity contribution in [3.8, 4) is 11.8 Å². The van der Waals surface area contributed by atoms with Crippen molar-refractivity contribution in [1.29, 1.82) is 5.26 Å². The van der Waals surface area contributed by atoms with Crippen molar-refractivity contribution in [2.24, 2.45) is 0 Å². The van der Waals surface area contributed by atoms with Crippen molar-refractivity contribution in [3.63, 3.8) is 0 Å². The molecular weight excluding hydrogens is 318 g/mol. The summed E-state index contributed by atoms with van der Waals surface area (Å²) in [4.78, 5) is 4.30. The zero-order valence-corrected chi connectivity index (χ0v) is 12.9. The number of ether oxygens (including phenoxy) is 1. The van der Waals surface area contributed by atoms with E-state index in [9.17, 15) is 0 Å². The SMILES string of the molecule is COc1ccc(CNc2ncc(C)c(C#N)c2Br)cc1. The number of nitrogens with one attached hydrogen (secondary N) is 1. The number of anilines is 1. The Balaban J connectivity index is 2.13. The molecule has 2 rings (SSSR count). The quantitative estimate of drug-likeness (QED) is 0.929. The average Bonchev–Trinajstić information content (AvgIpc) is 2.47. The zero-order chi connectivity index (χ0) is 14.5. The summed E-state index contributed by atoms with van der Waals surface area (Å²) in [5.41, 5.74) is 2.57. The van der Waals surface area contributed by atoms with Gasteiger partial charge in [0.25, 0.3) is 0 Å². The first-order chi connectivity index (χ1) is 9.65. The fraction of sp³-hybridized carbons (Fsp3) is 0.200. The molecule has 102 valence electrons. The van der Waals surface area contributed by atoms with Gasteiger partial charge in [0.15, 0.2) is 0 Å². The molecule has 0 atom stereocenters. The van der Waals surface area contributed by atoms with E-state index in [1.165, 1.54) is 0 Å². The van der Waals surface area contributed by atoms with E-state index in [0.717, 1.165) is 16.9 Å². The number of benzene rings is 1. The summed E-state index contributed by atoms with van der Waals surface area (Å²) in [6.45, 7) is 2.49. The Labute approximate surface area is 126 Å². The van der Waals surface area contributed by atoms with E-state index in [-0.39, 0.29) is 0 Å². The van der Waals surface area contributed by atoms with Crippen LogP contribution < -0.4 is 10.1 Å². The molecule has 0 amide bonds. The van der Waals surface area contributed by atoms with Crippen LogP contribution in [0.5, 0.6) is 5.75 Å². The molecule has 0 aliphatic rings. The molecule has 0 aliphatic heterocycles. The minimum Gasteiger partial charge on any atom is -0.497 e. The Morgan fingerprint density at radius 2 is 2.05 bits per heavy atom. The summed E-state index contributed by atoms with van der Waals surface area (Å²) < 4.78 is 5.82. The number of hydrogen-bond donors (Lipinski definition) is 1. The maximum absolute atomic E-state index is 9.12. The Morgan fingerprint density at radius 1 is 1.35 bits per heavy atom. The van der Waals surface area contributed by atoms with Gasteiger partial charge in [-0.25, -0.2) is 4.98 Å². The summed E-state index contributed by atoms with van der Waals surface area (Å²) >= 11 is 3.42. The standard InChI is InChI=1S/C15H14BrN3O/c1-10-8-18-15(14(16)13(10)7-17)19-9-11-3-5-12(20-2)6-4-11/h3-6,8H,9H2,1-2H3,(H,18,19). The maximum atomic E-state index is 9.12. The van der Waals surface area contributed by atoms with Crippen LogP contribution in [-0.2, 0) is 6.54 Å². The number of methoxy groups -OCH3 is 1. The number of aryl methyl sites for hydroxylation is 1. The molecule has 0 spiro atoms. The summed E-state index contributed by atoms with van der Waals surface area (Å²) in [5, 5.41) is 12.3. The van der Waals surface area contributed by atoms with Crippen molar-refractivity contribution < 1.29 is 4.74 Å². The average molecular weight is 332 g/mol. The van der Waals surface area contributed by atoms with Crippen molar-refractivity contribution in [2.75, 3.05) is 12.4 Å². The summed E-state index contributed by atoms with van der Waals surface area (Å²) in [5.74, 6) is 1.50. The Bertz CT molecular complexity index is 647. The number of hydrogen-bond acceptors (Lipinski definition) is 4. The summed E-state index contributed by atoms with van der Waals surface area (Å²) in [6.07, 6.45) is 1.69. The molecule has 0 aliphatic carbocycles. The van der Waals surface area contributed by atoms with Gasteiger partial charge in [0, 0.05) is 12.7 Å². The molecule has 0 unspecified atom stereocenters. The van der Waals surface area contributed by atoms with E-state index in [1.54, 1.807) is 13.3 Å². The monoisotopic (exact) mass is 331 g/mol. The van der Waals surface area contributed by atoms with E-state index in [0.29, 0.717) is 22.4 Å². The van der Waals surface area contributed by atoms with Crippen molar-refractivity contribution >= 4 is 21.7 Å². The summed E-state index contributed by atoms with van der Waals surface area (Å²) in [6, 6.07) is 9.97. The molecular formula is C15H14BrN3O. The second kappa shape index (κ2) is 6.40. The van der Waals surface area contributed by atoms with Gasteiger partial charge in [-0.1, -0.05) is 12.1 Å². The lowest BCUT2D eigenvalue weighted by Gasteiger charge is -2.10. The first-order valence-corrected chi connectivity index (χ1v) is 6.87. The third-order valence-electron chi connectivity index (χ3n) is 2.94. The lowest BCUT2D eigenvalue weighted by molar-refractivity contribution is 0.414. The molecule has 4 nitrogen and oxygen atoms in total. The van der Waals surface area contributed by atoms with Gasteiger partial charge in [0.2, 0.25) is 0 Å². The highest BCUT2D eigenvalue weighted by Gasteiger charge is 2.09. The van der Waals surface area contributed by atoms with Crippen molar-refractivity contribution in [2.45, 2.75) is 13.5 Å². The number of nitrogens with zero attached hydrogens (tertiary/aromatic N) is 2. The second-order valence-electron chi connectivity index (χ2n) is 4.29. The smallest absolute Gasteiger partial charge is 0.141 e. The maximum Gasteiger partial charge on any atom is 0.141 e. The first kappa shape index (κ1) is 14.4. The van der Waals surface area contributed by atoms with Gasteiger partial charge >= 0.3 is 0 Å². The van der Waals surface area contributed by atoms with E-state index in [4.69, 9.17) is 10.00 Å². The molecule has 0 saturated heterocycles. The van der Waals surface area contributed by atoms with Gasteiger partial charge in [0.05, 0.1) is 17.1 Å². The largest absolute Gasteiger partial charge is 0.497 e. The van der Waals surface area contributed by atoms with E-state index in [2.05, 4.69) is 32.3 Å². The fourth-order valence-electron chi connectivity index (χ4n) is 1.76. The Kier molecular flexibility index (Phi) is 4.59. The van der Waals surface area contributed by atoms with Crippen LogP contribution in [0.2, 0.25) is 0 Å². The van der Waals surface area contributed by atoms with Crippen LogP contribution in [-0.4, -0.2) is 12.1 Å². The molecule has 1 N–H and O–H groups in total. The van der Waals surface area contributed by atoms with Crippen LogP contribution in [0, 0.1) is 18.3 Å². The zero-order valence-electron chi connectivity index (χ0n) is 11.3. The highest BCUT2D eigenvalue weighted by atomic mass is 79.9. The number of halogens is 1. The molecule has 5 heteroatoms. The third-order valence-corrected chi connectivity index (χ3v) is 3.71. The highest BCUT2D eigenvalue weighted by Crippen LogP contribution is 2.26. The van der Waals surface area contributed by atoms with Gasteiger partial charge in [-0.05, 0) is 46.1 Å². The second-order valence-corrected chi connectivity index (χ2v) is 5.09. The van der Waals surface area contributed by atoms with Crippen LogP contribution >= 0.6 is 15.9 Å². The Hall–Kier alpha value is -2.06. The lowest BCUT2D eigenvalue weighted by Crippen LogP contribution is -2.03.